The van der Waals surface area contributed by atoms with Gasteiger partial charge in [0.05, 0.1) is 5.54 Å². The molecule has 18 heavy (non-hydrogen) atoms. The van der Waals surface area contributed by atoms with Crippen LogP contribution in [0.2, 0.25) is 0 Å². The van der Waals surface area contributed by atoms with Crippen LogP contribution in [0.4, 0.5) is 13.2 Å². The summed E-state index contributed by atoms with van der Waals surface area (Å²) in [5, 5.41) is 0. The van der Waals surface area contributed by atoms with Crippen LogP contribution in [0.1, 0.15) is 18.1 Å². The number of hydrogen-bond acceptors (Lipinski definition) is 1. The van der Waals surface area contributed by atoms with Gasteiger partial charge in [-0.15, -0.1) is 0 Å². The van der Waals surface area contributed by atoms with Crippen LogP contribution in [0.3, 0.4) is 0 Å². The van der Waals surface area contributed by atoms with Crippen LogP contribution >= 0.6 is 0 Å². The molecular weight excluding hydrogens is 239 g/mol. The average molecular weight is 251 g/mol. The van der Waals surface area contributed by atoms with Crippen molar-refractivity contribution < 1.29 is 13.2 Å². The van der Waals surface area contributed by atoms with E-state index in [-0.39, 0.29) is 5.56 Å². The summed E-state index contributed by atoms with van der Waals surface area (Å²) in [6.07, 6.45) is 0. The molecule has 0 heterocycles. The largest absolute Gasteiger partial charge is 0.318 e. The molecule has 2 N–H and O–H groups in total. The monoisotopic (exact) mass is 251 g/mol. The predicted molar refractivity (Wildman–Crippen MR) is 63.4 cm³/mol. The zero-order chi connectivity index (χ0) is 13.3. The molecular formula is C14H12F3N. The van der Waals surface area contributed by atoms with Crippen molar-refractivity contribution in [2.45, 2.75) is 12.5 Å². The van der Waals surface area contributed by atoms with E-state index in [0.29, 0.717) is 5.56 Å². The minimum Gasteiger partial charge on any atom is -0.318 e. The molecule has 0 bridgehead atoms. The molecule has 0 amide bonds. The van der Waals surface area contributed by atoms with E-state index in [1.807, 2.05) is 0 Å². The molecule has 2 rings (SSSR count). The van der Waals surface area contributed by atoms with Gasteiger partial charge >= 0.3 is 0 Å². The lowest BCUT2D eigenvalue weighted by Gasteiger charge is -2.26. The van der Waals surface area contributed by atoms with Gasteiger partial charge in [0.2, 0.25) is 0 Å². The number of benzene rings is 2. The van der Waals surface area contributed by atoms with Crippen molar-refractivity contribution in [2.24, 2.45) is 5.73 Å². The first-order chi connectivity index (χ1) is 8.43. The van der Waals surface area contributed by atoms with Crippen molar-refractivity contribution in [1.29, 1.82) is 0 Å². The first-order valence-electron chi connectivity index (χ1n) is 5.42. The van der Waals surface area contributed by atoms with Gasteiger partial charge in [0.1, 0.15) is 5.82 Å². The van der Waals surface area contributed by atoms with E-state index in [1.54, 1.807) is 6.92 Å². The van der Waals surface area contributed by atoms with E-state index in [1.165, 1.54) is 36.4 Å². The van der Waals surface area contributed by atoms with Crippen molar-refractivity contribution in [1.82, 2.24) is 0 Å². The Balaban J connectivity index is 2.54. The molecule has 0 saturated heterocycles. The third-order valence-electron chi connectivity index (χ3n) is 2.96. The molecule has 1 nitrogen and oxygen atoms in total. The van der Waals surface area contributed by atoms with E-state index >= 15 is 0 Å². The summed E-state index contributed by atoms with van der Waals surface area (Å²) in [6.45, 7) is 1.55. The van der Waals surface area contributed by atoms with Gasteiger partial charge in [-0.3, -0.25) is 0 Å². The maximum atomic E-state index is 13.7. The van der Waals surface area contributed by atoms with Gasteiger partial charge in [-0.1, -0.05) is 24.3 Å². The molecule has 0 spiro atoms. The maximum Gasteiger partial charge on any atom is 0.164 e. The van der Waals surface area contributed by atoms with Crippen molar-refractivity contribution in [3.8, 4) is 0 Å². The molecule has 2 aromatic rings. The maximum absolute atomic E-state index is 13.7. The van der Waals surface area contributed by atoms with Crippen molar-refractivity contribution in [3.05, 3.63) is 71.0 Å². The van der Waals surface area contributed by atoms with E-state index in [9.17, 15) is 13.2 Å². The highest BCUT2D eigenvalue weighted by Gasteiger charge is 2.28. The summed E-state index contributed by atoms with van der Waals surface area (Å²) in [5.74, 6) is -2.34. The van der Waals surface area contributed by atoms with Crippen molar-refractivity contribution in [2.75, 3.05) is 0 Å². The Bertz CT molecular complexity index is 562. The molecule has 4 heteroatoms. The smallest absolute Gasteiger partial charge is 0.164 e. The minimum absolute atomic E-state index is 0.0362. The van der Waals surface area contributed by atoms with Gasteiger partial charge in [-0.05, 0) is 30.7 Å². The summed E-state index contributed by atoms with van der Waals surface area (Å²) in [5.41, 5.74) is 5.37. The molecule has 0 aliphatic rings. The number of hydrogen-bond donors (Lipinski definition) is 1. The Morgan fingerprint density at radius 3 is 2.17 bits per heavy atom. The second kappa shape index (κ2) is 4.46. The van der Waals surface area contributed by atoms with Crippen LogP contribution in [0.25, 0.3) is 0 Å². The fourth-order valence-corrected chi connectivity index (χ4v) is 1.86. The molecule has 94 valence electrons. The number of rotatable bonds is 2. The first kappa shape index (κ1) is 12.6. The van der Waals surface area contributed by atoms with Crippen molar-refractivity contribution in [3.63, 3.8) is 0 Å². The zero-order valence-corrected chi connectivity index (χ0v) is 9.75. The quantitative estimate of drug-likeness (QED) is 0.870. The molecule has 0 aromatic heterocycles. The van der Waals surface area contributed by atoms with Crippen LogP contribution in [-0.2, 0) is 5.54 Å². The topological polar surface area (TPSA) is 26.0 Å². The lowest BCUT2D eigenvalue weighted by molar-refractivity contribution is 0.468. The Morgan fingerprint density at radius 2 is 1.56 bits per heavy atom. The third kappa shape index (κ3) is 2.11. The molecule has 0 saturated carbocycles. The Labute approximate surface area is 103 Å². The fraction of sp³-hybridized carbons (Fsp3) is 0.143. The minimum atomic E-state index is -1.22. The lowest BCUT2D eigenvalue weighted by Crippen LogP contribution is -2.35. The van der Waals surface area contributed by atoms with Gasteiger partial charge in [-0.25, -0.2) is 13.2 Å². The summed E-state index contributed by atoms with van der Waals surface area (Å²) in [4.78, 5) is 0. The van der Waals surface area contributed by atoms with Gasteiger partial charge in [0.15, 0.2) is 11.6 Å². The summed E-state index contributed by atoms with van der Waals surface area (Å²) >= 11 is 0. The molecule has 0 aliphatic carbocycles. The highest BCUT2D eigenvalue weighted by atomic mass is 19.2. The summed E-state index contributed by atoms with van der Waals surface area (Å²) < 4.78 is 39.8. The summed E-state index contributed by atoms with van der Waals surface area (Å²) in [6, 6.07) is 9.22. The first-order valence-corrected chi connectivity index (χ1v) is 5.42. The van der Waals surface area contributed by atoms with Crippen LogP contribution in [0.5, 0.6) is 0 Å². The lowest BCUT2D eigenvalue weighted by atomic mass is 9.85. The molecule has 1 unspecified atom stereocenters. The second-order valence-electron chi connectivity index (χ2n) is 4.31. The Hall–Kier alpha value is -1.81. The molecule has 0 radical (unpaired) electrons. The molecule has 0 fully saturated rings. The SMILES string of the molecule is CC(N)(c1ccc(F)cc1)c1cccc(F)c1F. The Morgan fingerprint density at radius 1 is 0.944 bits per heavy atom. The number of nitrogens with two attached hydrogens (primary N) is 1. The van der Waals surface area contributed by atoms with Crippen LogP contribution in [0, 0.1) is 17.5 Å². The van der Waals surface area contributed by atoms with Crippen LogP contribution in [-0.4, -0.2) is 0 Å². The van der Waals surface area contributed by atoms with Crippen molar-refractivity contribution >= 4 is 0 Å². The summed E-state index contributed by atoms with van der Waals surface area (Å²) in [7, 11) is 0. The highest BCUT2D eigenvalue weighted by Crippen LogP contribution is 2.29. The van der Waals surface area contributed by atoms with Crippen LogP contribution in [0.15, 0.2) is 42.5 Å². The van der Waals surface area contributed by atoms with Gasteiger partial charge in [0, 0.05) is 5.56 Å². The standard InChI is InChI=1S/C14H12F3N/c1-14(18,9-5-7-10(15)8-6-9)11-3-2-4-12(16)13(11)17/h2-8H,18H2,1H3. The van der Waals surface area contributed by atoms with Gasteiger partial charge in [-0.2, -0.15) is 0 Å². The normalized spacial score (nSPS) is 14.3. The average Bonchev–Trinajstić information content (AvgIpc) is 2.33. The van der Waals surface area contributed by atoms with E-state index in [2.05, 4.69) is 0 Å². The van der Waals surface area contributed by atoms with Gasteiger partial charge in [0.25, 0.3) is 0 Å². The van der Waals surface area contributed by atoms with E-state index in [4.69, 9.17) is 5.73 Å². The predicted octanol–water partition coefficient (Wildman–Crippen LogP) is 3.33. The highest BCUT2D eigenvalue weighted by molar-refractivity contribution is 5.38. The van der Waals surface area contributed by atoms with E-state index < -0.39 is 23.0 Å². The Kier molecular flexibility index (Phi) is 3.13. The molecule has 2 aromatic carbocycles. The third-order valence-corrected chi connectivity index (χ3v) is 2.96. The van der Waals surface area contributed by atoms with Crippen LogP contribution < -0.4 is 5.73 Å². The van der Waals surface area contributed by atoms with Gasteiger partial charge < -0.3 is 5.73 Å². The molecule has 0 aliphatic heterocycles. The zero-order valence-electron chi connectivity index (χ0n) is 9.75. The number of halogens is 3. The molecule has 1 atom stereocenters. The second-order valence-corrected chi connectivity index (χ2v) is 4.31. The fourth-order valence-electron chi connectivity index (χ4n) is 1.86. The van der Waals surface area contributed by atoms with E-state index in [0.717, 1.165) is 6.07 Å².